The van der Waals surface area contributed by atoms with E-state index in [-0.39, 0.29) is 17.9 Å². The molecule has 8 nitrogen and oxygen atoms in total. The van der Waals surface area contributed by atoms with E-state index in [0.717, 1.165) is 41.9 Å². The number of nitrogens with one attached hydrogen (secondary N) is 1. The number of hydrogen-bond donors (Lipinski definition) is 1. The molecule has 2 aromatic heterocycles. The van der Waals surface area contributed by atoms with Crippen LogP contribution >= 0.6 is 0 Å². The fraction of sp³-hybridized carbons (Fsp3) is 0.370. The summed E-state index contributed by atoms with van der Waals surface area (Å²) < 4.78 is 0. The molecule has 2 aliphatic rings. The highest BCUT2D eigenvalue weighted by atomic mass is 16.2. The van der Waals surface area contributed by atoms with Crippen molar-refractivity contribution in [2.75, 3.05) is 16.8 Å². The van der Waals surface area contributed by atoms with Gasteiger partial charge < -0.3 is 15.1 Å². The van der Waals surface area contributed by atoms with E-state index in [1.165, 1.54) is 12.8 Å². The number of pyridine rings is 1. The first-order valence-electron chi connectivity index (χ1n) is 12.3. The van der Waals surface area contributed by atoms with Crippen LogP contribution in [0.3, 0.4) is 0 Å². The minimum atomic E-state index is -0.222. The van der Waals surface area contributed by atoms with Crippen molar-refractivity contribution in [1.29, 1.82) is 0 Å². The number of carbonyl (C=O) groups is 2. The minimum Gasteiger partial charge on any atom is -0.348 e. The topological polar surface area (TPSA) is 91.3 Å². The van der Waals surface area contributed by atoms with E-state index >= 15 is 0 Å². The van der Waals surface area contributed by atoms with Crippen LogP contribution in [-0.4, -0.2) is 45.9 Å². The predicted molar refractivity (Wildman–Crippen MR) is 135 cm³/mol. The van der Waals surface area contributed by atoms with Gasteiger partial charge >= 0.3 is 0 Å². The first-order valence-corrected chi connectivity index (χ1v) is 12.3. The zero-order valence-corrected chi connectivity index (χ0v) is 20.1. The van der Waals surface area contributed by atoms with Gasteiger partial charge in [0.2, 0.25) is 5.91 Å². The lowest BCUT2D eigenvalue weighted by atomic mass is 10.0. The number of carbonyl (C=O) groups excluding carboxylic acids is 2. The van der Waals surface area contributed by atoms with E-state index in [2.05, 4.69) is 27.1 Å². The first kappa shape index (κ1) is 23.0. The number of fused-ring (bicyclic) bond motifs is 1. The lowest BCUT2D eigenvalue weighted by Crippen LogP contribution is -2.55. The quantitative estimate of drug-likeness (QED) is 0.586. The fourth-order valence-corrected chi connectivity index (χ4v) is 5.17. The molecule has 3 heterocycles. The Morgan fingerprint density at radius 2 is 1.89 bits per heavy atom. The molecule has 180 valence electrons. The highest BCUT2D eigenvalue weighted by Crippen LogP contribution is 2.40. The molecule has 3 aromatic rings. The van der Waals surface area contributed by atoms with Crippen molar-refractivity contribution in [3.8, 4) is 11.4 Å². The maximum absolute atomic E-state index is 13.1. The zero-order chi connectivity index (χ0) is 24.4. The zero-order valence-electron chi connectivity index (χ0n) is 20.1. The lowest BCUT2D eigenvalue weighted by molar-refractivity contribution is -0.120. The number of anilines is 2. The largest absolute Gasteiger partial charge is 0.348 e. The molecule has 1 unspecified atom stereocenters. The van der Waals surface area contributed by atoms with Gasteiger partial charge in [-0.25, -0.2) is 9.97 Å². The number of hydrogen-bond acceptors (Lipinski definition) is 6. The standard InChI is InChI=1S/C27H30N6O2/c1-3-22-27(35)32(2)23-17-29-24(31-25(23)33(22)20-11-7-8-12-20)21-13-14-28-15-19(21)16-30-26(34)18-9-5-4-6-10-18/h4-6,9-10,13-15,17,20,22H,3,7-8,11-12,16H2,1-2H3,(H,30,34). The molecular formula is C27H30N6O2. The number of rotatable bonds is 6. The van der Waals surface area contributed by atoms with E-state index in [1.54, 1.807) is 42.7 Å². The Kier molecular flexibility index (Phi) is 6.44. The van der Waals surface area contributed by atoms with Gasteiger partial charge in [-0.1, -0.05) is 38.0 Å². The van der Waals surface area contributed by atoms with Gasteiger partial charge in [-0.05, 0) is 37.5 Å². The van der Waals surface area contributed by atoms with E-state index in [0.29, 0.717) is 24.0 Å². The van der Waals surface area contributed by atoms with Crippen molar-refractivity contribution >= 4 is 23.3 Å². The molecule has 8 heteroatoms. The molecular weight excluding hydrogens is 440 g/mol. The average Bonchev–Trinajstić information content (AvgIpc) is 3.44. The first-order chi connectivity index (χ1) is 17.1. The molecule has 0 radical (unpaired) electrons. The van der Waals surface area contributed by atoms with Crippen LogP contribution in [0.2, 0.25) is 0 Å². The smallest absolute Gasteiger partial charge is 0.251 e. The maximum atomic E-state index is 13.1. The molecule has 1 aliphatic heterocycles. The van der Waals surface area contributed by atoms with Crippen LogP contribution in [0.1, 0.15) is 54.9 Å². The molecule has 0 saturated heterocycles. The number of amides is 2. The van der Waals surface area contributed by atoms with Crippen LogP contribution in [0.4, 0.5) is 11.5 Å². The van der Waals surface area contributed by atoms with E-state index in [9.17, 15) is 9.59 Å². The Morgan fingerprint density at radius 3 is 2.63 bits per heavy atom. The van der Waals surface area contributed by atoms with Gasteiger partial charge in [0.05, 0.1) is 6.20 Å². The molecule has 35 heavy (non-hydrogen) atoms. The summed E-state index contributed by atoms with van der Waals surface area (Å²) in [5, 5.41) is 2.97. The van der Waals surface area contributed by atoms with Crippen LogP contribution in [0.15, 0.2) is 55.0 Å². The van der Waals surface area contributed by atoms with E-state index < -0.39 is 0 Å². The van der Waals surface area contributed by atoms with Crippen molar-refractivity contribution in [2.24, 2.45) is 0 Å². The lowest BCUT2D eigenvalue weighted by Gasteiger charge is -2.43. The van der Waals surface area contributed by atoms with Crippen LogP contribution in [0, 0.1) is 0 Å². The minimum absolute atomic E-state index is 0.0940. The second-order valence-electron chi connectivity index (χ2n) is 9.15. The van der Waals surface area contributed by atoms with Crippen LogP contribution in [0.5, 0.6) is 0 Å². The number of nitrogens with zero attached hydrogens (tertiary/aromatic N) is 5. The molecule has 0 bridgehead atoms. The van der Waals surface area contributed by atoms with Gasteiger partial charge in [0.15, 0.2) is 11.6 Å². The molecule has 1 atom stereocenters. The number of benzene rings is 1. The second kappa shape index (κ2) is 9.82. The SMILES string of the molecule is CCC1C(=O)N(C)c2cnc(-c3ccncc3CNC(=O)c3ccccc3)nc2N1C1CCCC1. The van der Waals surface area contributed by atoms with Gasteiger partial charge in [-0.15, -0.1) is 0 Å². The normalized spacial score (nSPS) is 18.0. The van der Waals surface area contributed by atoms with Gasteiger partial charge in [0, 0.05) is 48.7 Å². The van der Waals surface area contributed by atoms with Crippen molar-refractivity contribution in [1.82, 2.24) is 20.3 Å². The van der Waals surface area contributed by atoms with Crippen LogP contribution in [0.25, 0.3) is 11.4 Å². The Morgan fingerprint density at radius 1 is 1.11 bits per heavy atom. The maximum Gasteiger partial charge on any atom is 0.251 e. The highest BCUT2D eigenvalue weighted by Gasteiger charge is 2.41. The monoisotopic (exact) mass is 470 g/mol. The summed E-state index contributed by atoms with van der Waals surface area (Å²) in [6.07, 6.45) is 10.4. The number of likely N-dealkylation sites (N-methyl/N-ethyl adjacent to an activating group) is 1. The van der Waals surface area contributed by atoms with E-state index in [1.807, 2.05) is 24.3 Å². The second-order valence-corrected chi connectivity index (χ2v) is 9.15. The summed E-state index contributed by atoms with van der Waals surface area (Å²) in [4.78, 5) is 43.6. The van der Waals surface area contributed by atoms with Gasteiger partial charge in [-0.3, -0.25) is 14.6 Å². The van der Waals surface area contributed by atoms with E-state index in [4.69, 9.17) is 4.98 Å². The molecule has 1 saturated carbocycles. The Bertz CT molecular complexity index is 1230. The molecule has 0 spiro atoms. The summed E-state index contributed by atoms with van der Waals surface area (Å²) in [6, 6.07) is 11.1. The summed E-state index contributed by atoms with van der Waals surface area (Å²) in [5.41, 5.74) is 2.99. The molecule has 2 amide bonds. The molecule has 1 aliphatic carbocycles. The highest BCUT2D eigenvalue weighted by molar-refractivity contribution is 6.04. The summed E-state index contributed by atoms with van der Waals surface area (Å²) in [7, 11) is 1.80. The van der Waals surface area contributed by atoms with Crippen molar-refractivity contribution in [3.63, 3.8) is 0 Å². The number of aromatic nitrogens is 3. The molecule has 5 rings (SSSR count). The molecule has 1 N–H and O–H groups in total. The third-order valence-corrected chi connectivity index (χ3v) is 7.03. The summed E-state index contributed by atoms with van der Waals surface area (Å²) in [5.74, 6) is 1.32. The Balaban J connectivity index is 1.49. The fourth-order valence-electron chi connectivity index (χ4n) is 5.17. The van der Waals surface area contributed by atoms with Crippen molar-refractivity contribution in [2.45, 2.75) is 57.7 Å². The molecule has 1 aromatic carbocycles. The van der Waals surface area contributed by atoms with Crippen molar-refractivity contribution < 1.29 is 9.59 Å². The van der Waals surface area contributed by atoms with Crippen LogP contribution < -0.4 is 15.1 Å². The average molecular weight is 471 g/mol. The molecule has 1 fully saturated rings. The van der Waals surface area contributed by atoms with Gasteiger partial charge in [0.1, 0.15) is 11.7 Å². The third-order valence-electron chi connectivity index (χ3n) is 7.03. The Hall–Kier alpha value is -3.81. The predicted octanol–water partition coefficient (Wildman–Crippen LogP) is 3.97. The van der Waals surface area contributed by atoms with Gasteiger partial charge in [0.25, 0.3) is 5.91 Å². The Labute approximate surface area is 205 Å². The summed E-state index contributed by atoms with van der Waals surface area (Å²) in [6.45, 7) is 2.36. The van der Waals surface area contributed by atoms with Crippen LogP contribution in [-0.2, 0) is 11.3 Å². The van der Waals surface area contributed by atoms with Crippen molar-refractivity contribution in [3.05, 3.63) is 66.1 Å². The summed E-state index contributed by atoms with van der Waals surface area (Å²) >= 11 is 0. The third kappa shape index (κ3) is 4.36. The van der Waals surface area contributed by atoms with Gasteiger partial charge in [-0.2, -0.15) is 0 Å².